The minimum Gasteiger partial charge on any atom is -0.492 e. The highest BCUT2D eigenvalue weighted by Gasteiger charge is 2.15. The number of ether oxygens (including phenoxy) is 1. The van der Waals surface area contributed by atoms with Crippen LogP contribution in [0.15, 0.2) is 54.6 Å². The Kier molecular flexibility index (Phi) is 3.74. The van der Waals surface area contributed by atoms with Crippen molar-refractivity contribution in [3.8, 4) is 17.0 Å². The summed E-state index contributed by atoms with van der Waals surface area (Å²) in [7, 11) is 0. The molecule has 0 amide bonds. The van der Waals surface area contributed by atoms with E-state index in [1.807, 2.05) is 37.3 Å². The molecule has 1 N–H and O–H groups in total. The van der Waals surface area contributed by atoms with E-state index in [2.05, 4.69) is 4.98 Å². The molecule has 0 spiro atoms. The first-order valence-corrected chi connectivity index (χ1v) is 7.06. The molecule has 3 aromatic rings. The van der Waals surface area contributed by atoms with Gasteiger partial charge in [-0.3, -0.25) is 0 Å². The van der Waals surface area contributed by atoms with E-state index in [9.17, 15) is 9.90 Å². The number of carbonyl (C=O) groups is 1. The molecule has 0 saturated heterocycles. The van der Waals surface area contributed by atoms with Crippen molar-refractivity contribution in [1.29, 1.82) is 0 Å². The molecular formula is C18H15NO3. The van der Waals surface area contributed by atoms with Crippen molar-refractivity contribution in [2.24, 2.45) is 0 Å². The van der Waals surface area contributed by atoms with E-state index in [1.165, 1.54) is 0 Å². The third-order valence-electron chi connectivity index (χ3n) is 3.40. The fourth-order valence-electron chi connectivity index (χ4n) is 2.43. The highest BCUT2D eigenvalue weighted by atomic mass is 16.5. The van der Waals surface area contributed by atoms with Crippen LogP contribution >= 0.6 is 0 Å². The van der Waals surface area contributed by atoms with Crippen LogP contribution in [0.2, 0.25) is 0 Å². The lowest BCUT2D eigenvalue weighted by molar-refractivity contribution is 0.0699. The van der Waals surface area contributed by atoms with Crippen LogP contribution in [0.25, 0.3) is 22.2 Å². The van der Waals surface area contributed by atoms with Crippen molar-refractivity contribution >= 4 is 16.9 Å². The minimum atomic E-state index is -0.974. The Hall–Kier alpha value is -2.88. The van der Waals surface area contributed by atoms with Crippen molar-refractivity contribution in [3.05, 3.63) is 60.2 Å². The van der Waals surface area contributed by atoms with Crippen LogP contribution in [0.5, 0.6) is 5.75 Å². The third kappa shape index (κ3) is 2.51. The number of para-hydroxylation sites is 1. The SMILES string of the molecule is CCOc1cccc2c(C(=O)O)cc(-c3ccccc3)nc12. The number of pyridine rings is 1. The monoisotopic (exact) mass is 293 g/mol. The zero-order valence-electron chi connectivity index (χ0n) is 12.1. The zero-order chi connectivity index (χ0) is 15.5. The van der Waals surface area contributed by atoms with Gasteiger partial charge in [0.15, 0.2) is 0 Å². The summed E-state index contributed by atoms with van der Waals surface area (Å²) >= 11 is 0. The van der Waals surface area contributed by atoms with Crippen LogP contribution in [-0.2, 0) is 0 Å². The molecule has 0 unspecified atom stereocenters. The Bertz CT molecular complexity index is 828. The first-order chi connectivity index (χ1) is 10.7. The number of nitrogens with zero attached hydrogens (tertiary/aromatic N) is 1. The molecule has 4 heteroatoms. The number of carboxylic acids is 1. The van der Waals surface area contributed by atoms with Crippen LogP contribution < -0.4 is 4.74 Å². The summed E-state index contributed by atoms with van der Waals surface area (Å²) in [5.74, 6) is -0.376. The van der Waals surface area contributed by atoms with Gasteiger partial charge in [-0.2, -0.15) is 0 Å². The predicted octanol–water partition coefficient (Wildman–Crippen LogP) is 4.00. The summed E-state index contributed by atoms with van der Waals surface area (Å²) in [6.07, 6.45) is 0. The molecule has 22 heavy (non-hydrogen) atoms. The minimum absolute atomic E-state index is 0.227. The largest absolute Gasteiger partial charge is 0.492 e. The van der Waals surface area contributed by atoms with Crippen molar-refractivity contribution in [1.82, 2.24) is 4.98 Å². The average molecular weight is 293 g/mol. The molecule has 0 bridgehead atoms. The molecular weight excluding hydrogens is 278 g/mol. The normalized spacial score (nSPS) is 10.6. The smallest absolute Gasteiger partial charge is 0.336 e. The third-order valence-corrected chi connectivity index (χ3v) is 3.40. The molecule has 0 saturated carbocycles. The van der Waals surface area contributed by atoms with Gasteiger partial charge in [-0.1, -0.05) is 42.5 Å². The van der Waals surface area contributed by atoms with Crippen molar-refractivity contribution in [2.75, 3.05) is 6.61 Å². The molecule has 0 atom stereocenters. The lowest BCUT2D eigenvalue weighted by Gasteiger charge is -2.11. The molecule has 0 aliphatic heterocycles. The maximum Gasteiger partial charge on any atom is 0.336 e. The summed E-state index contributed by atoms with van der Waals surface area (Å²) in [6, 6.07) is 16.5. The van der Waals surface area contributed by atoms with Gasteiger partial charge in [0.25, 0.3) is 0 Å². The average Bonchev–Trinajstić information content (AvgIpc) is 2.55. The fraction of sp³-hybridized carbons (Fsp3) is 0.111. The van der Waals surface area contributed by atoms with E-state index in [0.717, 1.165) is 5.56 Å². The van der Waals surface area contributed by atoms with Crippen molar-refractivity contribution in [2.45, 2.75) is 6.92 Å². The summed E-state index contributed by atoms with van der Waals surface area (Å²) < 4.78 is 5.59. The fourth-order valence-corrected chi connectivity index (χ4v) is 2.43. The van der Waals surface area contributed by atoms with Gasteiger partial charge < -0.3 is 9.84 Å². The number of hydrogen-bond donors (Lipinski definition) is 1. The molecule has 1 heterocycles. The predicted molar refractivity (Wildman–Crippen MR) is 85.3 cm³/mol. The van der Waals surface area contributed by atoms with Gasteiger partial charge in [-0.05, 0) is 19.1 Å². The second kappa shape index (κ2) is 5.85. The van der Waals surface area contributed by atoms with Crippen LogP contribution in [0.3, 0.4) is 0 Å². The molecule has 1 aromatic heterocycles. The van der Waals surface area contributed by atoms with Gasteiger partial charge in [-0.15, -0.1) is 0 Å². The van der Waals surface area contributed by atoms with E-state index in [0.29, 0.717) is 29.0 Å². The van der Waals surface area contributed by atoms with Gasteiger partial charge in [0.2, 0.25) is 0 Å². The Morgan fingerprint density at radius 2 is 1.91 bits per heavy atom. The van der Waals surface area contributed by atoms with Gasteiger partial charge >= 0.3 is 5.97 Å². The van der Waals surface area contributed by atoms with E-state index in [-0.39, 0.29) is 5.56 Å². The Balaban J connectivity index is 2.32. The van der Waals surface area contributed by atoms with E-state index in [1.54, 1.807) is 24.3 Å². The van der Waals surface area contributed by atoms with Crippen molar-refractivity contribution in [3.63, 3.8) is 0 Å². The van der Waals surface area contributed by atoms with E-state index >= 15 is 0 Å². The Morgan fingerprint density at radius 3 is 2.59 bits per heavy atom. The summed E-state index contributed by atoms with van der Waals surface area (Å²) in [6.45, 7) is 2.39. The highest BCUT2D eigenvalue weighted by Crippen LogP contribution is 2.30. The van der Waals surface area contributed by atoms with Gasteiger partial charge in [0, 0.05) is 10.9 Å². The second-order valence-corrected chi connectivity index (χ2v) is 4.81. The topological polar surface area (TPSA) is 59.4 Å². The lowest BCUT2D eigenvalue weighted by Crippen LogP contribution is -2.02. The number of rotatable bonds is 4. The first kappa shape index (κ1) is 14.1. The Labute approximate surface area is 128 Å². The number of fused-ring (bicyclic) bond motifs is 1. The molecule has 0 aliphatic rings. The standard InChI is InChI=1S/C18H15NO3/c1-2-22-16-10-6-9-13-14(18(20)21)11-15(19-17(13)16)12-7-4-3-5-8-12/h3-11H,2H2,1H3,(H,20,21). The van der Waals surface area contributed by atoms with Crippen LogP contribution in [0, 0.1) is 0 Å². The summed E-state index contributed by atoms with van der Waals surface area (Å²) in [5, 5.41) is 10.1. The number of benzene rings is 2. The van der Waals surface area contributed by atoms with Gasteiger partial charge in [-0.25, -0.2) is 9.78 Å². The van der Waals surface area contributed by atoms with Crippen molar-refractivity contribution < 1.29 is 14.6 Å². The highest BCUT2D eigenvalue weighted by molar-refractivity contribution is 6.05. The maximum absolute atomic E-state index is 11.6. The number of aromatic nitrogens is 1. The molecule has 0 radical (unpaired) electrons. The first-order valence-electron chi connectivity index (χ1n) is 7.06. The number of aromatic carboxylic acids is 1. The molecule has 2 aromatic carbocycles. The second-order valence-electron chi connectivity index (χ2n) is 4.81. The zero-order valence-corrected chi connectivity index (χ0v) is 12.1. The lowest BCUT2D eigenvalue weighted by atomic mass is 10.0. The summed E-state index contributed by atoms with van der Waals surface area (Å²) in [4.78, 5) is 16.2. The van der Waals surface area contributed by atoms with Gasteiger partial charge in [0.05, 0.1) is 17.9 Å². The quantitative estimate of drug-likeness (QED) is 0.790. The Morgan fingerprint density at radius 1 is 1.14 bits per heavy atom. The number of hydrogen-bond acceptors (Lipinski definition) is 3. The van der Waals surface area contributed by atoms with Crippen LogP contribution in [-0.4, -0.2) is 22.7 Å². The van der Waals surface area contributed by atoms with Crippen LogP contribution in [0.4, 0.5) is 0 Å². The van der Waals surface area contributed by atoms with Gasteiger partial charge in [0.1, 0.15) is 11.3 Å². The molecule has 3 rings (SSSR count). The van der Waals surface area contributed by atoms with Crippen LogP contribution in [0.1, 0.15) is 17.3 Å². The molecule has 4 nitrogen and oxygen atoms in total. The maximum atomic E-state index is 11.6. The molecule has 0 aliphatic carbocycles. The summed E-state index contributed by atoms with van der Waals surface area (Å²) in [5.41, 5.74) is 2.30. The van der Waals surface area contributed by atoms with E-state index in [4.69, 9.17) is 4.74 Å². The van der Waals surface area contributed by atoms with E-state index < -0.39 is 5.97 Å². The molecule has 0 fully saturated rings. The number of carboxylic acid groups (broad SMARTS) is 1. The molecule has 110 valence electrons.